The largest absolute Gasteiger partial charge is 0.352 e. The van der Waals surface area contributed by atoms with Crippen molar-refractivity contribution in [3.05, 3.63) is 77.4 Å². The molecule has 24 heavy (non-hydrogen) atoms. The van der Waals surface area contributed by atoms with Crippen LogP contribution in [0.25, 0.3) is 0 Å². The van der Waals surface area contributed by atoms with Crippen LogP contribution in [0.15, 0.2) is 66.9 Å². The number of nitrogens with one attached hydrogen (secondary N) is 1. The van der Waals surface area contributed by atoms with Gasteiger partial charge in [-0.1, -0.05) is 54.1 Å². The van der Waals surface area contributed by atoms with Crippen LogP contribution < -0.4 is 10.2 Å². The highest BCUT2D eigenvalue weighted by atomic mass is 35.5. The Balaban J connectivity index is 1.79. The SMILES string of the molecule is CCN(Cc1ccccc1)c1ccnc(Nc2ccccc2Cl)n1. The number of nitrogens with zero attached hydrogens (tertiary/aromatic N) is 3. The molecular weight excluding hydrogens is 320 g/mol. The van der Waals surface area contributed by atoms with E-state index in [-0.39, 0.29) is 0 Å². The highest BCUT2D eigenvalue weighted by Crippen LogP contribution is 2.24. The van der Waals surface area contributed by atoms with E-state index in [9.17, 15) is 0 Å². The Morgan fingerprint density at radius 1 is 1.00 bits per heavy atom. The number of rotatable bonds is 6. The molecule has 0 bridgehead atoms. The minimum Gasteiger partial charge on any atom is -0.352 e. The Labute approximate surface area is 147 Å². The summed E-state index contributed by atoms with van der Waals surface area (Å²) in [6.07, 6.45) is 1.76. The van der Waals surface area contributed by atoms with E-state index in [1.807, 2.05) is 48.5 Å². The number of benzene rings is 2. The molecule has 2 aromatic carbocycles. The van der Waals surface area contributed by atoms with Crippen LogP contribution in [0.4, 0.5) is 17.5 Å². The molecule has 3 aromatic rings. The minimum atomic E-state index is 0.534. The van der Waals surface area contributed by atoms with E-state index >= 15 is 0 Å². The van der Waals surface area contributed by atoms with Crippen molar-refractivity contribution in [3.8, 4) is 0 Å². The lowest BCUT2D eigenvalue weighted by molar-refractivity contribution is 0.811. The molecule has 1 aromatic heterocycles. The minimum absolute atomic E-state index is 0.534. The lowest BCUT2D eigenvalue weighted by Gasteiger charge is -2.22. The van der Waals surface area contributed by atoms with Gasteiger partial charge in [0.15, 0.2) is 0 Å². The third kappa shape index (κ3) is 4.03. The van der Waals surface area contributed by atoms with Gasteiger partial charge in [-0.15, -0.1) is 0 Å². The van der Waals surface area contributed by atoms with Crippen molar-refractivity contribution in [2.24, 2.45) is 0 Å². The topological polar surface area (TPSA) is 41.1 Å². The van der Waals surface area contributed by atoms with E-state index in [4.69, 9.17) is 11.6 Å². The third-order valence-corrected chi connectivity index (χ3v) is 4.01. The molecule has 0 saturated heterocycles. The van der Waals surface area contributed by atoms with Crippen molar-refractivity contribution in [1.82, 2.24) is 9.97 Å². The number of halogens is 1. The molecule has 0 saturated carbocycles. The summed E-state index contributed by atoms with van der Waals surface area (Å²) >= 11 is 6.18. The summed E-state index contributed by atoms with van der Waals surface area (Å²) in [5, 5.41) is 3.82. The maximum absolute atomic E-state index is 6.18. The zero-order valence-electron chi connectivity index (χ0n) is 13.5. The molecule has 0 aliphatic carbocycles. The summed E-state index contributed by atoms with van der Waals surface area (Å²) in [6.45, 7) is 3.78. The van der Waals surface area contributed by atoms with Crippen LogP contribution in [-0.4, -0.2) is 16.5 Å². The summed E-state index contributed by atoms with van der Waals surface area (Å²) in [7, 11) is 0. The van der Waals surface area contributed by atoms with Gasteiger partial charge < -0.3 is 10.2 Å². The second-order valence-corrected chi connectivity index (χ2v) is 5.75. The predicted molar refractivity (Wildman–Crippen MR) is 99.9 cm³/mol. The van der Waals surface area contributed by atoms with Crippen molar-refractivity contribution in [3.63, 3.8) is 0 Å². The van der Waals surface area contributed by atoms with Gasteiger partial charge >= 0.3 is 0 Å². The van der Waals surface area contributed by atoms with Crippen LogP contribution in [0, 0.1) is 0 Å². The second kappa shape index (κ2) is 7.79. The summed E-state index contributed by atoms with van der Waals surface area (Å²) in [6, 6.07) is 19.8. The van der Waals surface area contributed by atoms with Gasteiger partial charge in [0.1, 0.15) is 5.82 Å². The van der Waals surface area contributed by atoms with Gasteiger partial charge in [0.05, 0.1) is 10.7 Å². The van der Waals surface area contributed by atoms with Gasteiger partial charge in [-0.2, -0.15) is 4.98 Å². The Hall–Kier alpha value is -2.59. The van der Waals surface area contributed by atoms with Gasteiger partial charge in [0.2, 0.25) is 5.95 Å². The maximum Gasteiger partial charge on any atom is 0.229 e. The van der Waals surface area contributed by atoms with E-state index in [2.05, 4.69) is 39.2 Å². The Morgan fingerprint density at radius 3 is 2.50 bits per heavy atom. The third-order valence-electron chi connectivity index (χ3n) is 3.68. The maximum atomic E-state index is 6.18. The Morgan fingerprint density at radius 2 is 1.75 bits per heavy atom. The quantitative estimate of drug-likeness (QED) is 0.694. The van der Waals surface area contributed by atoms with Crippen molar-refractivity contribution in [2.75, 3.05) is 16.8 Å². The molecule has 5 heteroatoms. The summed E-state index contributed by atoms with van der Waals surface area (Å²) in [5.41, 5.74) is 2.04. The molecular formula is C19H19ClN4. The van der Waals surface area contributed by atoms with E-state index in [1.54, 1.807) is 6.20 Å². The molecule has 1 N–H and O–H groups in total. The number of anilines is 3. The molecule has 0 radical (unpaired) electrons. The number of hydrogen-bond donors (Lipinski definition) is 1. The standard InChI is InChI=1S/C19H19ClN4/c1-2-24(14-15-8-4-3-5-9-15)18-12-13-21-19(23-18)22-17-11-7-6-10-16(17)20/h3-13H,2,14H2,1H3,(H,21,22,23). The normalized spacial score (nSPS) is 10.4. The van der Waals surface area contributed by atoms with Gasteiger partial charge in [-0.3, -0.25) is 0 Å². The summed E-state index contributed by atoms with van der Waals surface area (Å²) in [5.74, 6) is 1.41. The van der Waals surface area contributed by atoms with Crippen molar-refractivity contribution < 1.29 is 0 Å². The van der Waals surface area contributed by atoms with Crippen molar-refractivity contribution in [1.29, 1.82) is 0 Å². The number of aromatic nitrogens is 2. The molecule has 122 valence electrons. The first-order chi connectivity index (χ1) is 11.8. The van der Waals surface area contributed by atoms with E-state index in [0.717, 1.165) is 24.6 Å². The summed E-state index contributed by atoms with van der Waals surface area (Å²) < 4.78 is 0. The molecule has 0 unspecified atom stereocenters. The zero-order valence-corrected chi connectivity index (χ0v) is 14.2. The predicted octanol–water partition coefficient (Wildman–Crippen LogP) is 4.90. The molecule has 0 amide bonds. The van der Waals surface area contributed by atoms with Gasteiger partial charge in [-0.25, -0.2) is 4.98 Å². The fourth-order valence-electron chi connectivity index (χ4n) is 2.43. The van der Waals surface area contributed by atoms with Crippen LogP contribution in [0.2, 0.25) is 5.02 Å². The highest BCUT2D eigenvalue weighted by molar-refractivity contribution is 6.33. The van der Waals surface area contributed by atoms with E-state index in [1.165, 1.54) is 5.56 Å². The highest BCUT2D eigenvalue weighted by Gasteiger charge is 2.09. The Bertz CT molecular complexity index is 792. The zero-order chi connectivity index (χ0) is 16.8. The molecule has 0 spiro atoms. The first-order valence-electron chi connectivity index (χ1n) is 7.89. The van der Waals surface area contributed by atoms with Crippen LogP contribution in [0.1, 0.15) is 12.5 Å². The number of hydrogen-bond acceptors (Lipinski definition) is 4. The molecule has 3 rings (SSSR count). The second-order valence-electron chi connectivity index (χ2n) is 5.34. The molecule has 4 nitrogen and oxygen atoms in total. The average Bonchev–Trinajstić information content (AvgIpc) is 2.63. The average molecular weight is 339 g/mol. The Kier molecular flexibility index (Phi) is 5.29. The molecule has 1 heterocycles. The van der Waals surface area contributed by atoms with Crippen molar-refractivity contribution in [2.45, 2.75) is 13.5 Å². The molecule has 0 aliphatic heterocycles. The van der Waals surface area contributed by atoms with Gasteiger partial charge in [-0.05, 0) is 30.7 Å². The van der Waals surface area contributed by atoms with Crippen LogP contribution in [0.5, 0.6) is 0 Å². The molecule has 0 atom stereocenters. The van der Waals surface area contributed by atoms with E-state index < -0.39 is 0 Å². The lowest BCUT2D eigenvalue weighted by atomic mass is 10.2. The first-order valence-corrected chi connectivity index (χ1v) is 8.27. The van der Waals surface area contributed by atoms with Crippen LogP contribution >= 0.6 is 11.6 Å². The fraction of sp³-hybridized carbons (Fsp3) is 0.158. The van der Waals surface area contributed by atoms with E-state index in [0.29, 0.717) is 11.0 Å². The van der Waals surface area contributed by atoms with Crippen LogP contribution in [-0.2, 0) is 6.54 Å². The van der Waals surface area contributed by atoms with Gasteiger partial charge in [0, 0.05) is 19.3 Å². The first kappa shape index (κ1) is 16.3. The monoisotopic (exact) mass is 338 g/mol. The van der Waals surface area contributed by atoms with Crippen LogP contribution in [0.3, 0.4) is 0 Å². The van der Waals surface area contributed by atoms with Crippen molar-refractivity contribution >= 4 is 29.1 Å². The number of para-hydroxylation sites is 1. The smallest absolute Gasteiger partial charge is 0.229 e. The fourth-order valence-corrected chi connectivity index (χ4v) is 2.61. The molecule has 0 aliphatic rings. The lowest BCUT2D eigenvalue weighted by Crippen LogP contribution is -2.23. The van der Waals surface area contributed by atoms with Gasteiger partial charge in [0.25, 0.3) is 0 Å². The molecule has 0 fully saturated rings. The summed E-state index contributed by atoms with van der Waals surface area (Å²) in [4.78, 5) is 11.1.